The molecule has 17 heavy (non-hydrogen) atoms. The van der Waals surface area contributed by atoms with E-state index in [1.807, 2.05) is 18.7 Å². The molecule has 0 aromatic carbocycles. The largest absolute Gasteiger partial charge is 0.296 e. The van der Waals surface area contributed by atoms with E-state index in [4.69, 9.17) is 0 Å². The van der Waals surface area contributed by atoms with Gasteiger partial charge in [-0.3, -0.25) is 4.79 Å². The Labute approximate surface area is 106 Å². The van der Waals surface area contributed by atoms with E-state index in [0.29, 0.717) is 5.69 Å². The molecule has 0 radical (unpaired) electrons. The first-order valence-corrected chi connectivity index (χ1v) is 7.24. The van der Waals surface area contributed by atoms with Gasteiger partial charge in [0.2, 0.25) is 0 Å². The molecule has 0 bridgehead atoms. The van der Waals surface area contributed by atoms with Crippen LogP contribution in [0.15, 0.2) is 6.07 Å². The van der Waals surface area contributed by atoms with Gasteiger partial charge in [-0.25, -0.2) is 9.97 Å². The number of carbonyl (C=O) groups excluding carboxylic acids is 1. The third kappa shape index (κ3) is 3.80. The van der Waals surface area contributed by atoms with Crippen LogP contribution in [-0.2, 0) is 5.75 Å². The van der Waals surface area contributed by atoms with Crippen LogP contribution in [0.3, 0.4) is 0 Å². The van der Waals surface area contributed by atoms with Crippen molar-refractivity contribution in [1.82, 2.24) is 9.97 Å². The van der Waals surface area contributed by atoms with Crippen LogP contribution in [0.4, 0.5) is 0 Å². The van der Waals surface area contributed by atoms with Crippen molar-refractivity contribution in [2.24, 2.45) is 0 Å². The van der Waals surface area contributed by atoms with E-state index in [2.05, 4.69) is 9.97 Å². The van der Waals surface area contributed by atoms with Crippen molar-refractivity contribution in [3.05, 3.63) is 23.3 Å². The average molecular weight is 250 g/mol. The molecule has 0 unspecified atom stereocenters. The van der Waals surface area contributed by atoms with Crippen molar-refractivity contribution in [3.8, 4) is 0 Å². The first-order valence-electron chi connectivity index (χ1n) is 6.19. The van der Waals surface area contributed by atoms with E-state index in [1.54, 1.807) is 6.07 Å². The molecule has 0 atom stereocenters. The van der Waals surface area contributed by atoms with E-state index in [9.17, 15) is 4.79 Å². The fraction of sp³-hybridized carbons (Fsp3) is 0.615. The second kappa shape index (κ2) is 6.15. The summed E-state index contributed by atoms with van der Waals surface area (Å²) in [7, 11) is 0. The van der Waals surface area contributed by atoms with E-state index in [-0.39, 0.29) is 0 Å². The van der Waals surface area contributed by atoms with Crippen LogP contribution in [-0.4, -0.2) is 21.5 Å². The molecule has 0 N–H and O–H groups in total. The van der Waals surface area contributed by atoms with Crippen molar-refractivity contribution in [2.75, 3.05) is 0 Å². The smallest absolute Gasteiger partial charge is 0.168 e. The van der Waals surface area contributed by atoms with Gasteiger partial charge in [-0.1, -0.05) is 19.3 Å². The lowest BCUT2D eigenvalue weighted by atomic mass is 10.0. The first kappa shape index (κ1) is 12.6. The molecule has 0 saturated heterocycles. The number of aromatic nitrogens is 2. The maximum absolute atomic E-state index is 10.7. The Morgan fingerprint density at radius 3 is 2.82 bits per heavy atom. The molecule has 4 heteroatoms. The number of hydrogen-bond acceptors (Lipinski definition) is 4. The summed E-state index contributed by atoms with van der Waals surface area (Å²) in [5.41, 5.74) is 1.37. The Morgan fingerprint density at radius 2 is 2.12 bits per heavy atom. The number of aryl methyl sites for hydroxylation is 1. The molecule has 1 fully saturated rings. The number of carbonyl (C=O) groups is 1. The molecule has 1 aromatic heterocycles. The van der Waals surface area contributed by atoms with Crippen molar-refractivity contribution in [2.45, 2.75) is 50.0 Å². The third-order valence-corrected chi connectivity index (χ3v) is 4.41. The summed E-state index contributed by atoms with van der Waals surface area (Å²) < 4.78 is 0. The molecule has 0 spiro atoms. The van der Waals surface area contributed by atoms with E-state index in [0.717, 1.165) is 28.8 Å². The molecule has 92 valence electrons. The molecule has 0 aliphatic heterocycles. The molecule has 3 nitrogen and oxygen atoms in total. The summed E-state index contributed by atoms with van der Waals surface area (Å²) >= 11 is 1.94. The highest BCUT2D eigenvalue weighted by Gasteiger charge is 2.14. The second-order valence-electron chi connectivity index (χ2n) is 4.54. The number of nitrogens with zero attached hydrogens (tertiary/aromatic N) is 2. The van der Waals surface area contributed by atoms with E-state index < -0.39 is 0 Å². The maximum atomic E-state index is 10.7. The van der Waals surface area contributed by atoms with Gasteiger partial charge in [-0.2, -0.15) is 11.8 Å². The van der Waals surface area contributed by atoms with Crippen LogP contribution in [0.5, 0.6) is 0 Å². The molecule has 1 saturated carbocycles. The lowest BCUT2D eigenvalue weighted by Gasteiger charge is -2.20. The third-order valence-electron chi connectivity index (χ3n) is 3.04. The van der Waals surface area contributed by atoms with Crippen molar-refractivity contribution in [3.63, 3.8) is 0 Å². The first-order chi connectivity index (χ1) is 8.28. The van der Waals surface area contributed by atoms with Crippen LogP contribution in [0.2, 0.25) is 0 Å². The van der Waals surface area contributed by atoms with Gasteiger partial charge in [0.15, 0.2) is 6.29 Å². The molecular formula is C13H18N2OS. The molecule has 1 aromatic rings. The van der Waals surface area contributed by atoms with Crippen molar-refractivity contribution >= 4 is 18.0 Å². The number of hydrogen-bond donors (Lipinski definition) is 0. The quantitative estimate of drug-likeness (QED) is 0.770. The zero-order valence-electron chi connectivity index (χ0n) is 10.2. The highest BCUT2D eigenvalue weighted by molar-refractivity contribution is 7.99. The highest BCUT2D eigenvalue weighted by atomic mass is 32.2. The predicted octanol–water partition coefficient (Wildman–Crippen LogP) is 3.16. The average Bonchev–Trinajstić information content (AvgIpc) is 2.37. The van der Waals surface area contributed by atoms with Gasteiger partial charge >= 0.3 is 0 Å². The van der Waals surface area contributed by atoms with Crippen LogP contribution >= 0.6 is 11.8 Å². The minimum atomic E-state index is 0.497. The zero-order valence-corrected chi connectivity index (χ0v) is 11.0. The lowest BCUT2D eigenvalue weighted by Crippen LogP contribution is -2.09. The summed E-state index contributed by atoms with van der Waals surface area (Å²) in [5, 5.41) is 0.757. The van der Waals surface area contributed by atoms with Crippen LogP contribution in [0, 0.1) is 6.92 Å². The van der Waals surface area contributed by atoms with Crippen LogP contribution in [0.25, 0.3) is 0 Å². The standard InChI is InChI=1S/C13H18N2OS/c1-10-7-11(8-16)15-13(14-10)9-17-12-5-3-2-4-6-12/h7-8,12H,2-6,9H2,1H3. The molecule has 1 heterocycles. The predicted molar refractivity (Wildman–Crippen MR) is 70.3 cm³/mol. The highest BCUT2D eigenvalue weighted by Crippen LogP contribution is 2.29. The number of aldehydes is 1. The van der Waals surface area contributed by atoms with Gasteiger partial charge in [0, 0.05) is 10.9 Å². The Hall–Kier alpha value is -0.900. The summed E-state index contributed by atoms with van der Waals surface area (Å²) in [6.45, 7) is 1.91. The molecule has 0 amide bonds. The van der Waals surface area contributed by atoms with Crippen molar-refractivity contribution < 1.29 is 4.79 Å². The number of thioether (sulfide) groups is 1. The minimum Gasteiger partial charge on any atom is -0.296 e. The molecule has 2 rings (SSSR count). The summed E-state index contributed by atoms with van der Waals surface area (Å²) in [4.78, 5) is 19.3. The Balaban J connectivity index is 1.93. The normalized spacial score (nSPS) is 17.0. The topological polar surface area (TPSA) is 42.9 Å². The Morgan fingerprint density at radius 1 is 1.35 bits per heavy atom. The summed E-state index contributed by atoms with van der Waals surface area (Å²) in [6, 6.07) is 1.72. The maximum Gasteiger partial charge on any atom is 0.168 e. The van der Waals surface area contributed by atoms with Crippen LogP contribution < -0.4 is 0 Å². The van der Waals surface area contributed by atoms with Gasteiger partial charge < -0.3 is 0 Å². The SMILES string of the molecule is Cc1cc(C=O)nc(CSC2CCCCC2)n1. The van der Waals surface area contributed by atoms with Crippen molar-refractivity contribution in [1.29, 1.82) is 0 Å². The molecule has 1 aliphatic rings. The van der Waals surface area contributed by atoms with Gasteiger partial charge in [0.1, 0.15) is 11.5 Å². The van der Waals surface area contributed by atoms with Gasteiger partial charge in [-0.15, -0.1) is 0 Å². The fourth-order valence-corrected chi connectivity index (χ4v) is 3.39. The zero-order chi connectivity index (χ0) is 12.1. The summed E-state index contributed by atoms with van der Waals surface area (Å²) in [6.07, 6.45) is 7.52. The van der Waals surface area contributed by atoms with Gasteiger partial charge in [-0.05, 0) is 25.8 Å². The molecule has 1 aliphatic carbocycles. The van der Waals surface area contributed by atoms with Gasteiger partial charge in [0.05, 0.1) is 5.75 Å². The Bertz CT molecular complexity index is 389. The lowest BCUT2D eigenvalue weighted by molar-refractivity contribution is 0.111. The van der Waals surface area contributed by atoms with E-state index in [1.165, 1.54) is 32.1 Å². The molecular weight excluding hydrogens is 232 g/mol. The Kier molecular flexibility index (Phi) is 4.54. The number of rotatable bonds is 4. The summed E-state index contributed by atoms with van der Waals surface area (Å²) in [5.74, 6) is 1.62. The fourth-order valence-electron chi connectivity index (χ4n) is 2.21. The van der Waals surface area contributed by atoms with Crippen LogP contribution in [0.1, 0.15) is 54.1 Å². The second-order valence-corrected chi connectivity index (χ2v) is 5.83. The van der Waals surface area contributed by atoms with Gasteiger partial charge in [0.25, 0.3) is 0 Å². The minimum absolute atomic E-state index is 0.497. The monoisotopic (exact) mass is 250 g/mol. The van der Waals surface area contributed by atoms with E-state index >= 15 is 0 Å².